The predicted octanol–water partition coefficient (Wildman–Crippen LogP) is 4.37. The van der Waals surface area contributed by atoms with Crippen molar-refractivity contribution in [3.05, 3.63) is 70.6 Å². The molecule has 5 heterocycles. The number of thiophene rings is 1. The minimum Gasteiger partial charge on any atom is -0.368 e. The molecule has 1 saturated heterocycles. The third kappa shape index (κ3) is 4.37. The Hall–Kier alpha value is -3.39. The minimum atomic E-state index is -0.152. The molecular formula is C26H30N5O2S+. The van der Waals surface area contributed by atoms with Gasteiger partial charge in [0.25, 0.3) is 5.91 Å². The molecule has 1 aliphatic heterocycles. The first-order valence-corrected chi connectivity index (χ1v) is 12.5. The molecular weight excluding hydrogens is 446 g/mol. The summed E-state index contributed by atoms with van der Waals surface area (Å²) in [6.45, 7) is 8.46. The lowest BCUT2D eigenvalue weighted by atomic mass is 9.99. The van der Waals surface area contributed by atoms with Crippen LogP contribution in [0.5, 0.6) is 0 Å². The Morgan fingerprint density at radius 3 is 2.74 bits per heavy atom. The van der Waals surface area contributed by atoms with Gasteiger partial charge in [0.2, 0.25) is 11.9 Å². The van der Waals surface area contributed by atoms with Crippen molar-refractivity contribution in [1.82, 2.24) is 14.7 Å². The summed E-state index contributed by atoms with van der Waals surface area (Å²) in [6.07, 6.45) is 7.68. The molecule has 1 aliphatic rings. The predicted molar refractivity (Wildman–Crippen MR) is 134 cm³/mol. The maximum Gasteiger partial charge on any atom is 0.253 e. The van der Waals surface area contributed by atoms with Crippen LogP contribution < -0.4 is 14.9 Å². The summed E-state index contributed by atoms with van der Waals surface area (Å²) in [7, 11) is 0. The fraction of sp³-hybridized carbons (Fsp3) is 0.346. The van der Waals surface area contributed by atoms with Crippen molar-refractivity contribution in [3.8, 4) is 10.6 Å². The summed E-state index contributed by atoms with van der Waals surface area (Å²) >= 11 is 1.73. The minimum absolute atomic E-state index is 0.152. The van der Waals surface area contributed by atoms with Crippen molar-refractivity contribution >= 4 is 28.6 Å². The van der Waals surface area contributed by atoms with Crippen molar-refractivity contribution in [2.75, 3.05) is 18.0 Å². The van der Waals surface area contributed by atoms with E-state index in [1.54, 1.807) is 17.5 Å². The van der Waals surface area contributed by atoms with E-state index in [1.807, 2.05) is 37.5 Å². The summed E-state index contributed by atoms with van der Waals surface area (Å²) in [5, 5.41) is 12.9. The summed E-state index contributed by atoms with van der Waals surface area (Å²) in [4.78, 5) is 22.8. The van der Waals surface area contributed by atoms with E-state index in [2.05, 4.69) is 40.6 Å². The Labute approximate surface area is 203 Å². The molecule has 1 fully saturated rings. The second-order valence-corrected chi connectivity index (χ2v) is 10.5. The number of hydrogen-bond donors (Lipinski definition) is 2. The number of imidazole rings is 1. The van der Waals surface area contributed by atoms with Crippen LogP contribution in [0.25, 0.3) is 16.2 Å². The molecule has 34 heavy (non-hydrogen) atoms. The molecule has 0 radical (unpaired) electrons. The number of rotatable bonds is 5. The van der Waals surface area contributed by atoms with E-state index in [1.165, 1.54) is 4.88 Å². The number of carbonyl (C=O) groups is 1. The van der Waals surface area contributed by atoms with Crippen LogP contribution >= 0.6 is 11.3 Å². The van der Waals surface area contributed by atoms with Gasteiger partial charge in [-0.05, 0) is 49.9 Å². The topological polar surface area (TPSA) is 73.8 Å². The molecule has 1 amide bonds. The molecule has 7 nitrogen and oxygen atoms in total. The molecule has 0 spiro atoms. The second-order valence-electron chi connectivity index (χ2n) is 9.24. The number of pyridine rings is 2. The summed E-state index contributed by atoms with van der Waals surface area (Å²) in [5.74, 6) is 0.563. The van der Waals surface area contributed by atoms with Gasteiger partial charge in [-0.1, -0.05) is 6.92 Å². The van der Waals surface area contributed by atoms with Gasteiger partial charge < -0.3 is 10.2 Å². The molecule has 176 valence electrons. The monoisotopic (exact) mass is 476 g/mol. The zero-order valence-electron chi connectivity index (χ0n) is 19.8. The van der Waals surface area contributed by atoms with E-state index in [9.17, 15) is 10.0 Å². The van der Waals surface area contributed by atoms with Crippen LogP contribution in [0.3, 0.4) is 0 Å². The number of carbonyl (C=O) groups excluding carboxylic acids is 1. The molecule has 0 saturated carbocycles. The lowest BCUT2D eigenvalue weighted by Crippen LogP contribution is -2.35. The van der Waals surface area contributed by atoms with E-state index in [0.717, 1.165) is 63.8 Å². The SMILES string of the molecule is Cc1ccc(-c2cnc3c(N4CCC(C)CC4)cc(C(=O)NCc4ccc(C)[n+](O)c4)cn23)s1. The number of anilines is 1. The summed E-state index contributed by atoms with van der Waals surface area (Å²) in [5.41, 5.74) is 5.03. The maximum atomic E-state index is 13.2. The molecule has 4 aromatic heterocycles. The smallest absolute Gasteiger partial charge is 0.253 e. The van der Waals surface area contributed by atoms with E-state index in [-0.39, 0.29) is 5.91 Å². The fourth-order valence-corrected chi connectivity index (χ4v) is 5.30. The lowest BCUT2D eigenvalue weighted by Gasteiger charge is -2.32. The highest BCUT2D eigenvalue weighted by Crippen LogP contribution is 2.33. The van der Waals surface area contributed by atoms with Crippen molar-refractivity contribution in [3.63, 3.8) is 0 Å². The largest absolute Gasteiger partial charge is 0.368 e. The Bertz CT molecular complexity index is 1350. The van der Waals surface area contributed by atoms with Crippen molar-refractivity contribution in [1.29, 1.82) is 0 Å². The fourth-order valence-electron chi connectivity index (χ4n) is 4.43. The first kappa shape index (κ1) is 22.4. The zero-order chi connectivity index (χ0) is 23.8. The molecule has 0 aliphatic carbocycles. The third-order valence-electron chi connectivity index (χ3n) is 6.61. The van der Waals surface area contributed by atoms with Crippen molar-refractivity contribution < 1.29 is 14.7 Å². The van der Waals surface area contributed by atoms with Crippen LogP contribution in [0.2, 0.25) is 0 Å². The highest BCUT2D eigenvalue weighted by Gasteiger charge is 2.22. The van der Waals surface area contributed by atoms with Crippen LogP contribution in [-0.2, 0) is 6.54 Å². The molecule has 5 rings (SSSR count). The molecule has 0 atom stereocenters. The van der Waals surface area contributed by atoms with Gasteiger partial charge in [-0.2, -0.15) is 0 Å². The number of nitrogens with one attached hydrogen (secondary N) is 1. The van der Waals surface area contributed by atoms with Crippen molar-refractivity contribution in [2.24, 2.45) is 5.92 Å². The molecule has 0 bridgehead atoms. The van der Waals surface area contributed by atoms with Crippen LogP contribution in [-0.4, -0.2) is 33.6 Å². The number of aryl methyl sites for hydroxylation is 2. The van der Waals surface area contributed by atoms with E-state index in [4.69, 9.17) is 4.98 Å². The highest BCUT2D eigenvalue weighted by molar-refractivity contribution is 7.15. The first-order valence-electron chi connectivity index (χ1n) is 11.7. The van der Waals surface area contributed by atoms with Gasteiger partial charge in [0.05, 0.1) is 28.0 Å². The zero-order valence-corrected chi connectivity index (χ0v) is 20.6. The van der Waals surface area contributed by atoms with Gasteiger partial charge in [0, 0.05) is 54.0 Å². The van der Waals surface area contributed by atoms with Gasteiger partial charge in [-0.3, -0.25) is 14.4 Å². The third-order valence-corrected chi connectivity index (χ3v) is 7.63. The van der Waals surface area contributed by atoms with Gasteiger partial charge >= 0.3 is 0 Å². The average molecular weight is 477 g/mol. The van der Waals surface area contributed by atoms with Crippen LogP contribution in [0, 0.1) is 19.8 Å². The molecule has 4 aromatic rings. The standard InChI is InChI=1S/C26H29N5O2S/c1-17-8-10-29(11-9-17)22-12-21(26(32)28-13-20-6-4-18(2)31(33)15-20)16-30-23(14-27-25(22)30)24-7-5-19(3)34-24/h4-7,12,14-17H,8-11,13H2,1-3H3,(H-,28,32,33)/p+1. The first-order chi connectivity index (χ1) is 16.4. The normalized spacial score (nSPS) is 14.6. The Kier molecular flexibility index (Phi) is 6.00. The Morgan fingerprint density at radius 2 is 2.03 bits per heavy atom. The number of hydrogen-bond acceptors (Lipinski definition) is 5. The van der Waals surface area contributed by atoms with Crippen molar-refractivity contribution in [2.45, 2.75) is 40.2 Å². The molecule has 8 heteroatoms. The van der Waals surface area contributed by atoms with Gasteiger partial charge in [-0.15, -0.1) is 11.3 Å². The molecule has 0 aromatic carbocycles. The van der Waals surface area contributed by atoms with E-state index in [0.29, 0.717) is 18.0 Å². The van der Waals surface area contributed by atoms with E-state index < -0.39 is 0 Å². The van der Waals surface area contributed by atoms with Crippen LogP contribution in [0.15, 0.2) is 48.9 Å². The maximum absolute atomic E-state index is 13.2. The van der Waals surface area contributed by atoms with Gasteiger partial charge in [-0.25, -0.2) is 4.98 Å². The van der Waals surface area contributed by atoms with Crippen LogP contribution in [0.4, 0.5) is 5.69 Å². The lowest BCUT2D eigenvalue weighted by molar-refractivity contribution is -0.909. The van der Waals surface area contributed by atoms with Gasteiger partial charge in [0.15, 0.2) is 5.65 Å². The number of amides is 1. The number of nitrogens with zero attached hydrogens (tertiary/aromatic N) is 4. The molecule has 0 unspecified atom stereocenters. The number of aromatic nitrogens is 3. The Morgan fingerprint density at radius 1 is 1.24 bits per heavy atom. The van der Waals surface area contributed by atoms with Gasteiger partial charge in [0.1, 0.15) is 0 Å². The number of fused-ring (bicyclic) bond motifs is 1. The average Bonchev–Trinajstić information content (AvgIpc) is 3.45. The van der Waals surface area contributed by atoms with E-state index >= 15 is 0 Å². The van der Waals surface area contributed by atoms with Crippen LogP contribution in [0.1, 0.15) is 46.3 Å². The Balaban J connectivity index is 1.51. The summed E-state index contributed by atoms with van der Waals surface area (Å²) < 4.78 is 3.13. The highest BCUT2D eigenvalue weighted by atomic mass is 32.1. The number of piperidine rings is 1. The molecule has 2 N–H and O–H groups in total. The summed E-state index contributed by atoms with van der Waals surface area (Å²) in [6, 6.07) is 9.92. The second kappa shape index (κ2) is 9.10. The quantitative estimate of drug-likeness (QED) is 0.331.